The van der Waals surface area contributed by atoms with Crippen LogP contribution in [0.3, 0.4) is 0 Å². The lowest BCUT2D eigenvalue weighted by molar-refractivity contribution is -0.144. The Balaban J connectivity index is 2.32. The molecule has 0 saturated carbocycles. The third kappa shape index (κ3) is 3.62. The van der Waals surface area contributed by atoms with Crippen molar-refractivity contribution >= 4 is 34.4 Å². The van der Waals surface area contributed by atoms with Crippen LogP contribution in [0.15, 0.2) is 30.5 Å². The molecule has 2 aromatic rings. The largest absolute Gasteiger partial charge is 0.467 e. The maximum Gasteiger partial charge on any atom is 0.328 e. The summed E-state index contributed by atoms with van der Waals surface area (Å²) in [5.41, 5.74) is 0.947. The van der Waals surface area contributed by atoms with Gasteiger partial charge in [0.15, 0.2) is 0 Å². The summed E-state index contributed by atoms with van der Waals surface area (Å²) >= 11 is 6.33. The van der Waals surface area contributed by atoms with E-state index in [1.807, 2.05) is 32.0 Å². The predicted molar refractivity (Wildman–Crippen MR) is 89.5 cm³/mol. The Morgan fingerprint density at radius 2 is 2.04 bits per heavy atom. The van der Waals surface area contributed by atoms with Crippen molar-refractivity contribution in [3.63, 3.8) is 0 Å². The summed E-state index contributed by atoms with van der Waals surface area (Å²) in [7, 11) is 1.30. The first-order chi connectivity index (χ1) is 11.0. The minimum atomic E-state index is -0.722. The van der Waals surface area contributed by atoms with Crippen molar-refractivity contribution in [2.24, 2.45) is 5.92 Å². The molecule has 0 spiro atoms. The van der Waals surface area contributed by atoms with Crippen LogP contribution in [-0.4, -0.2) is 30.0 Å². The quantitative estimate of drug-likeness (QED) is 0.852. The van der Waals surface area contributed by atoms with Gasteiger partial charge in [0.1, 0.15) is 6.04 Å². The average Bonchev–Trinajstić information content (AvgIpc) is 2.58. The number of carbonyl (C=O) groups excluding carboxylic acids is 2. The van der Waals surface area contributed by atoms with E-state index in [4.69, 9.17) is 16.3 Å². The van der Waals surface area contributed by atoms with E-state index >= 15 is 0 Å². The number of esters is 1. The highest BCUT2D eigenvalue weighted by atomic mass is 35.5. The summed E-state index contributed by atoms with van der Waals surface area (Å²) < 4.78 is 4.77. The van der Waals surface area contributed by atoms with Crippen molar-refractivity contribution in [3.8, 4) is 0 Å². The fourth-order valence-electron chi connectivity index (χ4n) is 2.28. The van der Waals surface area contributed by atoms with Crippen LogP contribution in [-0.2, 0) is 9.53 Å². The number of rotatable bonds is 5. The molecule has 0 aliphatic heterocycles. The molecule has 5 nitrogen and oxygen atoms in total. The number of amides is 1. The van der Waals surface area contributed by atoms with Gasteiger partial charge < -0.3 is 10.1 Å². The van der Waals surface area contributed by atoms with Crippen molar-refractivity contribution in [1.82, 2.24) is 10.3 Å². The van der Waals surface area contributed by atoms with Gasteiger partial charge in [-0.05, 0) is 12.0 Å². The number of hydrogen-bond acceptors (Lipinski definition) is 4. The van der Waals surface area contributed by atoms with E-state index < -0.39 is 17.9 Å². The molecule has 2 rings (SSSR count). The number of methoxy groups -OCH3 is 1. The van der Waals surface area contributed by atoms with Crippen LogP contribution in [0.25, 0.3) is 10.9 Å². The minimum absolute atomic E-state index is 0.0569. The number of halogens is 1. The number of fused-ring (bicyclic) bond motifs is 1. The van der Waals surface area contributed by atoms with Gasteiger partial charge in [-0.1, -0.05) is 50.1 Å². The van der Waals surface area contributed by atoms with Gasteiger partial charge in [-0.2, -0.15) is 0 Å². The smallest absolute Gasteiger partial charge is 0.328 e. The summed E-state index contributed by atoms with van der Waals surface area (Å²) in [6.45, 7) is 3.82. The van der Waals surface area contributed by atoms with Crippen molar-refractivity contribution in [1.29, 1.82) is 0 Å². The van der Waals surface area contributed by atoms with Gasteiger partial charge in [0.05, 0.1) is 23.2 Å². The molecule has 0 fully saturated rings. The molecule has 2 atom stereocenters. The molecule has 6 heteroatoms. The summed E-state index contributed by atoms with van der Waals surface area (Å²) in [5.74, 6) is -0.972. The molecular weight excluding hydrogens is 316 g/mol. The Labute approximate surface area is 140 Å². The van der Waals surface area contributed by atoms with Crippen molar-refractivity contribution in [3.05, 3.63) is 41.0 Å². The molecule has 1 N–H and O–H groups in total. The van der Waals surface area contributed by atoms with Crippen LogP contribution in [0.5, 0.6) is 0 Å². The molecule has 1 aromatic carbocycles. The molecule has 0 radical (unpaired) electrons. The van der Waals surface area contributed by atoms with Crippen molar-refractivity contribution in [2.75, 3.05) is 7.11 Å². The van der Waals surface area contributed by atoms with E-state index in [0.29, 0.717) is 15.9 Å². The van der Waals surface area contributed by atoms with Crippen molar-refractivity contribution in [2.45, 2.75) is 26.3 Å². The second kappa shape index (κ2) is 7.42. The molecule has 0 saturated heterocycles. The number of ether oxygens (including phenoxy) is 1. The average molecular weight is 335 g/mol. The Hall–Kier alpha value is -2.14. The zero-order valence-electron chi connectivity index (χ0n) is 13.3. The number of pyridine rings is 1. The number of nitrogens with zero attached hydrogens (tertiary/aromatic N) is 1. The van der Waals surface area contributed by atoms with Gasteiger partial charge in [-0.25, -0.2) is 4.79 Å². The highest BCUT2D eigenvalue weighted by molar-refractivity contribution is 6.38. The normalized spacial score (nSPS) is 13.4. The molecule has 1 amide bonds. The summed E-state index contributed by atoms with van der Waals surface area (Å²) in [6, 6.07) is 6.57. The second-order valence-electron chi connectivity index (χ2n) is 5.36. The van der Waals surface area contributed by atoms with E-state index in [0.717, 1.165) is 6.42 Å². The van der Waals surface area contributed by atoms with Crippen LogP contribution in [0.1, 0.15) is 30.6 Å². The number of hydrogen-bond donors (Lipinski definition) is 1. The third-order valence-electron chi connectivity index (χ3n) is 3.91. The fourth-order valence-corrected chi connectivity index (χ4v) is 2.58. The van der Waals surface area contributed by atoms with Crippen LogP contribution < -0.4 is 5.32 Å². The number of benzene rings is 1. The number of carbonyl (C=O) groups is 2. The first kappa shape index (κ1) is 17.2. The summed E-state index contributed by atoms with van der Waals surface area (Å²) in [6.07, 6.45) is 2.15. The Bertz CT molecular complexity index is 733. The topological polar surface area (TPSA) is 68.3 Å². The van der Waals surface area contributed by atoms with E-state index in [1.165, 1.54) is 13.3 Å². The fraction of sp³-hybridized carbons (Fsp3) is 0.353. The first-order valence-corrected chi connectivity index (χ1v) is 7.79. The lowest BCUT2D eigenvalue weighted by Crippen LogP contribution is -2.45. The van der Waals surface area contributed by atoms with Crippen LogP contribution in [0.4, 0.5) is 0 Å². The zero-order chi connectivity index (χ0) is 17.0. The van der Waals surface area contributed by atoms with E-state index in [1.54, 1.807) is 6.07 Å². The highest BCUT2D eigenvalue weighted by Crippen LogP contribution is 2.25. The molecular formula is C17H19ClN2O3. The Kier molecular flexibility index (Phi) is 5.55. The van der Waals surface area contributed by atoms with Crippen LogP contribution in [0, 0.1) is 5.92 Å². The summed E-state index contributed by atoms with van der Waals surface area (Å²) in [5, 5.41) is 3.72. The maximum atomic E-state index is 12.5. The zero-order valence-corrected chi connectivity index (χ0v) is 14.1. The summed E-state index contributed by atoms with van der Waals surface area (Å²) in [4.78, 5) is 28.6. The highest BCUT2D eigenvalue weighted by Gasteiger charge is 2.28. The lowest BCUT2D eigenvalue weighted by atomic mass is 9.99. The second-order valence-corrected chi connectivity index (χ2v) is 5.74. The number of nitrogens with one attached hydrogen (secondary N) is 1. The molecule has 0 bridgehead atoms. The van der Waals surface area contributed by atoms with E-state index in [2.05, 4.69) is 10.3 Å². The number of para-hydroxylation sites is 1. The molecule has 1 heterocycles. The number of aromatic nitrogens is 1. The van der Waals surface area contributed by atoms with Crippen LogP contribution in [0.2, 0.25) is 5.02 Å². The Morgan fingerprint density at radius 1 is 1.35 bits per heavy atom. The lowest BCUT2D eigenvalue weighted by Gasteiger charge is -2.22. The van der Waals surface area contributed by atoms with Crippen LogP contribution >= 0.6 is 11.6 Å². The van der Waals surface area contributed by atoms with E-state index in [-0.39, 0.29) is 11.5 Å². The SMILES string of the molecule is CC[C@H](C)[C@H](NC(=O)c1cnc2ccccc2c1Cl)C(=O)OC. The molecule has 0 aliphatic rings. The first-order valence-electron chi connectivity index (χ1n) is 7.41. The predicted octanol–water partition coefficient (Wildman–Crippen LogP) is 3.21. The standard InChI is InChI=1S/C17H19ClN2O3/c1-4-10(2)15(17(22)23-3)20-16(21)12-9-19-13-8-6-5-7-11(13)14(12)18/h5-10,15H,4H2,1-3H3,(H,20,21)/t10-,15-/m0/s1. The van der Waals surface area contributed by atoms with Gasteiger partial charge >= 0.3 is 5.97 Å². The van der Waals surface area contributed by atoms with Gasteiger partial charge in [0.25, 0.3) is 5.91 Å². The third-order valence-corrected chi connectivity index (χ3v) is 4.32. The molecule has 0 unspecified atom stereocenters. The molecule has 1 aromatic heterocycles. The Morgan fingerprint density at radius 3 is 2.70 bits per heavy atom. The van der Waals surface area contributed by atoms with E-state index in [9.17, 15) is 9.59 Å². The van der Waals surface area contributed by atoms with Gasteiger partial charge in [0, 0.05) is 11.6 Å². The van der Waals surface area contributed by atoms with Gasteiger partial charge in [-0.15, -0.1) is 0 Å². The molecule has 23 heavy (non-hydrogen) atoms. The monoisotopic (exact) mass is 334 g/mol. The van der Waals surface area contributed by atoms with Crippen molar-refractivity contribution < 1.29 is 14.3 Å². The molecule has 0 aliphatic carbocycles. The van der Waals surface area contributed by atoms with Gasteiger partial charge in [-0.3, -0.25) is 9.78 Å². The maximum absolute atomic E-state index is 12.5. The minimum Gasteiger partial charge on any atom is -0.467 e. The van der Waals surface area contributed by atoms with Gasteiger partial charge in [0.2, 0.25) is 0 Å². The molecule has 122 valence electrons.